The van der Waals surface area contributed by atoms with Crippen molar-refractivity contribution in [1.82, 2.24) is 4.90 Å². The van der Waals surface area contributed by atoms with Crippen molar-refractivity contribution in [3.05, 3.63) is 29.8 Å². The summed E-state index contributed by atoms with van der Waals surface area (Å²) in [4.78, 5) is 27.8. The smallest absolute Gasteiger partial charge is 0.330 e. The van der Waals surface area contributed by atoms with Gasteiger partial charge < -0.3 is 14.4 Å². The highest BCUT2D eigenvalue weighted by Crippen LogP contribution is 2.41. The summed E-state index contributed by atoms with van der Waals surface area (Å²) in [6.07, 6.45) is 5.72. The lowest BCUT2D eigenvalue weighted by Crippen LogP contribution is -2.49. The van der Waals surface area contributed by atoms with E-state index >= 15 is 0 Å². The van der Waals surface area contributed by atoms with E-state index < -0.39 is 6.04 Å². The van der Waals surface area contributed by atoms with E-state index in [1.165, 1.54) is 19.3 Å². The number of methoxy groups -OCH3 is 1. The fraction of sp³-hybridized carbons (Fsp3) is 0.619. The number of rotatable bonds is 5. The van der Waals surface area contributed by atoms with E-state index in [2.05, 4.69) is 0 Å². The number of thioether (sulfide) groups is 1. The molecule has 2 aliphatic rings. The van der Waals surface area contributed by atoms with Crippen LogP contribution < -0.4 is 4.74 Å². The molecule has 1 amide bonds. The second-order valence-electron chi connectivity index (χ2n) is 7.56. The van der Waals surface area contributed by atoms with E-state index in [1.54, 1.807) is 48.0 Å². The van der Waals surface area contributed by atoms with Crippen LogP contribution in [-0.4, -0.2) is 47.2 Å². The second-order valence-corrected chi connectivity index (χ2v) is 8.71. The lowest BCUT2D eigenvalue weighted by atomic mass is 9.88. The first-order chi connectivity index (χ1) is 13.0. The summed E-state index contributed by atoms with van der Waals surface area (Å²) >= 11 is 1.73. The summed E-state index contributed by atoms with van der Waals surface area (Å²) in [5.74, 6) is 1.38. The van der Waals surface area contributed by atoms with E-state index in [0.29, 0.717) is 23.0 Å². The molecule has 1 aliphatic carbocycles. The highest BCUT2D eigenvalue weighted by Gasteiger charge is 2.46. The molecule has 148 valence electrons. The van der Waals surface area contributed by atoms with Crippen LogP contribution in [0.2, 0.25) is 0 Å². The molecule has 0 spiro atoms. The molecule has 1 saturated carbocycles. The first kappa shape index (κ1) is 20.1. The Labute approximate surface area is 165 Å². The third kappa shape index (κ3) is 4.60. The Balaban J connectivity index is 1.86. The Kier molecular flexibility index (Phi) is 6.68. The number of carbonyl (C=O) groups excluding carboxylic acids is 2. The van der Waals surface area contributed by atoms with Crippen molar-refractivity contribution in [3.63, 3.8) is 0 Å². The van der Waals surface area contributed by atoms with Crippen molar-refractivity contribution >= 4 is 23.6 Å². The fourth-order valence-electron chi connectivity index (χ4n) is 3.94. The number of hydrogen-bond donors (Lipinski definition) is 0. The molecule has 0 N–H and O–H groups in total. The molecule has 1 aromatic rings. The molecular formula is C21H29NO4S. The highest BCUT2D eigenvalue weighted by molar-refractivity contribution is 8.00. The molecule has 6 heteroatoms. The van der Waals surface area contributed by atoms with Gasteiger partial charge in [-0.15, -0.1) is 11.8 Å². The Hall–Kier alpha value is -1.69. The maximum atomic E-state index is 13.4. The number of ether oxygens (including phenoxy) is 2. The van der Waals surface area contributed by atoms with Crippen LogP contribution in [0.15, 0.2) is 24.3 Å². The van der Waals surface area contributed by atoms with Gasteiger partial charge in [-0.3, -0.25) is 4.79 Å². The van der Waals surface area contributed by atoms with Crippen molar-refractivity contribution in [2.75, 3.05) is 12.9 Å². The minimum atomic E-state index is -0.515. The Morgan fingerprint density at radius 3 is 2.37 bits per heavy atom. The predicted octanol–water partition coefficient (Wildman–Crippen LogP) is 4.11. The minimum Gasteiger partial charge on any atom is -0.497 e. The molecule has 2 atom stereocenters. The molecule has 1 aliphatic heterocycles. The van der Waals surface area contributed by atoms with Crippen molar-refractivity contribution in [2.45, 2.75) is 63.5 Å². The first-order valence-electron chi connectivity index (χ1n) is 9.80. The average Bonchev–Trinajstić information content (AvgIpc) is 3.13. The summed E-state index contributed by atoms with van der Waals surface area (Å²) in [7, 11) is 1.60. The van der Waals surface area contributed by atoms with Gasteiger partial charge in [0.1, 0.15) is 11.8 Å². The zero-order valence-corrected chi connectivity index (χ0v) is 17.2. The largest absolute Gasteiger partial charge is 0.497 e. The Morgan fingerprint density at radius 2 is 1.78 bits per heavy atom. The van der Waals surface area contributed by atoms with Crippen LogP contribution in [0.5, 0.6) is 5.75 Å². The summed E-state index contributed by atoms with van der Waals surface area (Å²) in [5.41, 5.74) is 0.585. The zero-order chi connectivity index (χ0) is 19.4. The molecule has 5 nitrogen and oxygen atoms in total. The normalized spacial score (nSPS) is 23.5. The van der Waals surface area contributed by atoms with Crippen LogP contribution in [0.25, 0.3) is 0 Å². The van der Waals surface area contributed by atoms with Gasteiger partial charge in [-0.2, -0.15) is 0 Å². The van der Waals surface area contributed by atoms with Crippen LogP contribution in [0.1, 0.15) is 56.3 Å². The first-order valence-corrected chi connectivity index (χ1v) is 10.8. The number of nitrogens with zero attached hydrogens (tertiary/aromatic N) is 1. The minimum absolute atomic E-state index is 0.0459. The van der Waals surface area contributed by atoms with Crippen molar-refractivity contribution in [3.8, 4) is 5.75 Å². The van der Waals surface area contributed by atoms with Crippen LogP contribution >= 0.6 is 11.8 Å². The van der Waals surface area contributed by atoms with Gasteiger partial charge in [-0.05, 0) is 56.9 Å². The molecule has 3 rings (SSSR count). The van der Waals surface area contributed by atoms with Crippen LogP contribution in [0.4, 0.5) is 0 Å². The summed E-state index contributed by atoms with van der Waals surface area (Å²) < 4.78 is 10.6. The van der Waals surface area contributed by atoms with Gasteiger partial charge in [0.15, 0.2) is 0 Å². The number of benzene rings is 1. The van der Waals surface area contributed by atoms with E-state index in [9.17, 15) is 9.59 Å². The molecule has 2 fully saturated rings. The summed E-state index contributed by atoms with van der Waals surface area (Å²) in [6, 6.07) is 6.60. The topological polar surface area (TPSA) is 55.8 Å². The van der Waals surface area contributed by atoms with Crippen LogP contribution in [0.3, 0.4) is 0 Å². The van der Waals surface area contributed by atoms with E-state index in [0.717, 1.165) is 12.8 Å². The number of amides is 1. The number of carbonyl (C=O) groups is 2. The number of hydrogen-bond acceptors (Lipinski definition) is 5. The monoisotopic (exact) mass is 391 g/mol. The predicted molar refractivity (Wildman–Crippen MR) is 107 cm³/mol. The van der Waals surface area contributed by atoms with E-state index in [4.69, 9.17) is 9.47 Å². The van der Waals surface area contributed by atoms with Crippen LogP contribution in [-0.2, 0) is 9.53 Å². The highest BCUT2D eigenvalue weighted by atomic mass is 32.2. The van der Waals surface area contributed by atoms with E-state index in [1.807, 2.05) is 13.8 Å². The molecule has 1 saturated heterocycles. The second kappa shape index (κ2) is 9.00. The SMILES string of the molecule is COc1ccc(C(=O)N2C(C(=O)OC(C)C)CSC2C2CCCCC2)cc1. The van der Waals surface area contributed by atoms with Crippen molar-refractivity contribution in [2.24, 2.45) is 5.92 Å². The molecule has 0 bridgehead atoms. The Morgan fingerprint density at radius 1 is 1.11 bits per heavy atom. The van der Waals surface area contributed by atoms with Gasteiger partial charge in [0, 0.05) is 11.3 Å². The van der Waals surface area contributed by atoms with Crippen molar-refractivity contribution in [1.29, 1.82) is 0 Å². The van der Waals surface area contributed by atoms with Gasteiger partial charge in [0.05, 0.1) is 18.6 Å². The molecule has 1 heterocycles. The molecule has 0 aromatic heterocycles. The van der Waals surface area contributed by atoms with Gasteiger partial charge in [0.2, 0.25) is 0 Å². The number of esters is 1. The maximum absolute atomic E-state index is 13.4. The standard InChI is InChI=1S/C21H29NO4S/c1-14(2)26-21(24)18-13-27-20(16-7-5-4-6-8-16)22(18)19(23)15-9-11-17(25-3)12-10-15/h9-12,14,16,18,20H,4-8,13H2,1-3H3. The van der Waals surface area contributed by atoms with Crippen molar-refractivity contribution < 1.29 is 19.1 Å². The zero-order valence-electron chi connectivity index (χ0n) is 16.3. The van der Waals surface area contributed by atoms with Gasteiger partial charge >= 0.3 is 5.97 Å². The Bertz CT molecular complexity index is 655. The average molecular weight is 392 g/mol. The lowest BCUT2D eigenvalue weighted by molar-refractivity contribution is -0.152. The van der Waals surface area contributed by atoms with Gasteiger partial charge in [-0.1, -0.05) is 19.3 Å². The maximum Gasteiger partial charge on any atom is 0.330 e. The van der Waals surface area contributed by atoms with Crippen LogP contribution in [0, 0.1) is 5.92 Å². The van der Waals surface area contributed by atoms with Gasteiger partial charge in [0.25, 0.3) is 5.91 Å². The third-order valence-electron chi connectivity index (χ3n) is 5.28. The molecule has 0 radical (unpaired) electrons. The van der Waals surface area contributed by atoms with E-state index in [-0.39, 0.29) is 23.4 Å². The van der Waals surface area contributed by atoms with Gasteiger partial charge in [-0.25, -0.2) is 4.79 Å². The molecule has 27 heavy (non-hydrogen) atoms. The summed E-state index contributed by atoms with van der Waals surface area (Å²) in [6.45, 7) is 3.68. The molecule has 2 unspecified atom stereocenters. The fourth-order valence-corrected chi connectivity index (χ4v) is 5.57. The molecular weight excluding hydrogens is 362 g/mol. The third-order valence-corrected chi connectivity index (χ3v) is 6.75. The lowest BCUT2D eigenvalue weighted by Gasteiger charge is -2.35. The molecule has 1 aromatic carbocycles. The summed E-state index contributed by atoms with van der Waals surface area (Å²) in [5, 5.41) is 0.0459. The quantitative estimate of drug-likeness (QED) is 0.707.